The molecule has 6 heteroatoms. The van der Waals surface area contributed by atoms with E-state index in [1.807, 2.05) is 6.07 Å². The number of nitrogens with one attached hydrogen (secondary N) is 1. The predicted octanol–water partition coefficient (Wildman–Crippen LogP) is 4.88. The number of carbonyl (C=O) groups excluding carboxylic acids is 1. The van der Waals surface area contributed by atoms with Crippen LogP contribution < -0.4 is 5.32 Å². The van der Waals surface area contributed by atoms with Crippen LogP contribution in [0.3, 0.4) is 0 Å². The molecule has 0 spiro atoms. The average Bonchev–Trinajstić information content (AvgIpc) is 2.43. The Morgan fingerprint density at radius 2 is 1.85 bits per heavy atom. The lowest BCUT2D eigenvalue weighted by molar-refractivity contribution is 0.102. The lowest BCUT2D eigenvalue weighted by Crippen LogP contribution is -2.13. The molecule has 1 N–H and O–H groups in total. The number of benzene rings is 2. The smallest absolute Gasteiger partial charge is 0.257 e. The molecule has 0 unspecified atom stereocenters. The number of carbonyl (C=O) groups is 1. The van der Waals surface area contributed by atoms with Gasteiger partial charge in [-0.2, -0.15) is 5.26 Å². The van der Waals surface area contributed by atoms with Crippen molar-refractivity contribution in [3.05, 3.63) is 62.0 Å². The van der Waals surface area contributed by atoms with Gasteiger partial charge in [-0.1, -0.05) is 39.1 Å². The van der Waals surface area contributed by atoms with Crippen LogP contribution >= 0.6 is 39.1 Å². The van der Waals surface area contributed by atoms with E-state index in [1.54, 1.807) is 30.3 Å². The van der Waals surface area contributed by atoms with E-state index in [0.29, 0.717) is 26.9 Å². The number of hydrogen-bond acceptors (Lipinski definition) is 2. The molecule has 0 aromatic heterocycles. The normalized spacial score (nSPS) is 9.90. The van der Waals surface area contributed by atoms with Crippen molar-refractivity contribution in [2.45, 2.75) is 0 Å². The summed E-state index contributed by atoms with van der Waals surface area (Å²) in [5.41, 5.74) is 1.09. The lowest BCUT2D eigenvalue weighted by atomic mass is 10.2. The van der Waals surface area contributed by atoms with Crippen LogP contribution in [0.15, 0.2) is 40.9 Å². The molecule has 0 radical (unpaired) electrons. The average molecular weight is 370 g/mol. The first-order valence-corrected chi connectivity index (χ1v) is 7.02. The van der Waals surface area contributed by atoms with Gasteiger partial charge < -0.3 is 5.32 Å². The summed E-state index contributed by atoms with van der Waals surface area (Å²) in [6.07, 6.45) is 0. The SMILES string of the molecule is N#Cc1ccc(Cl)c(NC(=O)c2cc(Br)ccc2Cl)c1. The van der Waals surface area contributed by atoms with Gasteiger partial charge in [0.1, 0.15) is 0 Å². The standard InChI is InChI=1S/C14H7BrCl2N2O/c15-9-2-4-11(16)10(6-9)14(20)19-13-5-8(7-18)1-3-12(13)17/h1-6H,(H,19,20). The number of rotatable bonds is 2. The molecule has 0 aliphatic carbocycles. The molecule has 0 bridgehead atoms. The van der Waals surface area contributed by atoms with Crippen LogP contribution in [0.4, 0.5) is 5.69 Å². The van der Waals surface area contributed by atoms with Crippen molar-refractivity contribution in [1.29, 1.82) is 5.26 Å². The fraction of sp³-hybridized carbons (Fsp3) is 0. The lowest BCUT2D eigenvalue weighted by Gasteiger charge is -2.09. The van der Waals surface area contributed by atoms with Gasteiger partial charge in [-0.3, -0.25) is 4.79 Å². The molecule has 100 valence electrons. The fourth-order valence-electron chi connectivity index (χ4n) is 1.55. The van der Waals surface area contributed by atoms with Gasteiger partial charge in [0.2, 0.25) is 0 Å². The topological polar surface area (TPSA) is 52.9 Å². The minimum Gasteiger partial charge on any atom is -0.321 e. The number of amides is 1. The third-order valence-corrected chi connectivity index (χ3v) is 3.67. The molecule has 0 fully saturated rings. The van der Waals surface area contributed by atoms with Crippen molar-refractivity contribution in [2.24, 2.45) is 0 Å². The van der Waals surface area contributed by atoms with Crippen molar-refractivity contribution in [2.75, 3.05) is 5.32 Å². The van der Waals surface area contributed by atoms with Gasteiger partial charge in [0.25, 0.3) is 5.91 Å². The highest BCUT2D eigenvalue weighted by Crippen LogP contribution is 2.26. The quantitative estimate of drug-likeness (QED) is 0.820. The summed E-state index contributed by atoms with van der Waals surface area (Å²) >= 11 is 15.3. The second kappa shape index (κ2) is 6.27. The Morgan fingerprint density at radius 3 is 2.55 bits per heavy atom. The fourth-order valence-corrected chi connectivity index (χ4v) is 2.28. The molecular weight excluding hydrogens is 363 g/mol. The number of hydrogen-bond donors (Lipinski definition) is 1. The first-order valence-electron chi connectivity index (χ1n) is 5.47. The van der Waals surface area contributed by atoms with E-state index in [-0.39, 0.29) is 0 Å². The van der Waals surface area contributed by atoms with E-state index >= 15 is 0 Å². The van der Waals surface area contributed by atoms with Gasteiger partial charge in [-0.15, -0.1) is 0 Å². The Bertz CT molecular complexity index is 726. The molecule has 0 atom stereocenters. The molecule has 0 saturated carbocycles. The van der Waals surface area contributed by atoms with Gasteiger partial charge in [0, 0.05) is 4.47 Å². The second-order valence-electron chi connectivity index (χ2n) is 3.88. The van der Waals surface area contributed by atoms with Crippen LogP contribution in [0.1, 0.15) is 15.9 Å². The molecule has 1 amide bonds. The Hall–Kier alpha value is -1.54. The first kappa shape index (κ1) is 14.9. The van der Waals surface area contributed by atoms with Crippen molar-refractivity contribution in [3.63, 3.8) is 0 Å². The Labute approximate surface area is 134 Å². The number of nitrogens with zero attached hydrogens (tertiary/aromatic N) is 1. The predicted molar refractivity (Wildman–Crippen MR) is 83.3 cm³/mol. The van der Waals surface area contributed by atoms with Gasteiger partial charge >= 0.3 is 0 Å². The minimum atomic E-state index is -0.395. The van der Waals surface area contributed by atoms with E-state index in [4.69, 9.17) is 28.5 Å². The van der Waals surface area contributed by atoms with E-state index < -0.39 is 5.91 Å². The van der Waals surface area contributed by atoms with Crippen LogP contribution in [0.2, 0.25) is 10.0 Å². The van der Waals surface area contributed by atoms with Gasteiger partial charge in [0.05, 0.1) is 32.9 Å². The van der Waals surface area contributed by atoms with E-state index in [0.717, 1.165) is 4.47 Å². The highest BCUT2D eigenvalue weighted by atomic mass is 79.9. The first-order chi connectivity index (χ1) is 9.51. The number of halogens is 3. The summed E-state index contributed by atoms with van der Waals surface area (Å²) in [4.78, 5) is 12.2. The molecule has 2 aromatic carbocycles. The summed E-state index contributed by atoms with van der Waals surface area (Å²) in [6.45, 7) is 0. The van der Waals surface area contributed by atoms with E-state index in [9.17, 15) is 4.79 Å². The van der Waals surface area contributed by atoms with E-state index in [1.165, 1.54) is 6.07 Å². The van der Waals surface area contributed by atoms with Crippen LogP contribution in [-0.4, -0.2) is 5.91 Å². The molecule has 3 nitrogen and oxygen atoms in total. The highest BCUT2D eigenvalue weighted by Gasteiger charge is 2.13. The third kappa shape index (κ3) is 3.31. The molecule has 0 aliphatic heterocycles. The molecule has 0 heterocycles. The largest absolute Gasteiger partial charge is 0.321 e. The number of nitriles is 1. The zero-order valence-electron chi connectivity index (χ0n) is 9.95. The van der Waals surface area contributed by atoms with Crippen molar-refractivity contribution < 1.29 is 4.79 Å². The van der Waals surface area contributed by atoms with E-state index in [2.05, 4.69) is 21.2 Å². The van der Waals surface area contributed by atoms with Crippen molar-refractivity contribution in [1.82, 2.24) is 0 Å². The van der Waals surface area contributed by atoms with Gasteiger partial charge in [-0.25, -0.2) is 0 Å². The van der Waals surface area contributed by atoms with Crippen LogP contribution in [0, 0.1) is 11.3 Å². The molecule has 0 saturated heterocycles. The Kier molecular flexibility index (Phi) is 4.66. The summed E-state index contributed by atoms with van der Waals surface area (Å²) in [5.74, 6) is -0.395. The van der Waals surface area contributed by atoms with Crippen LogP contribution in [0.25, 0.3) is 0 Å². The van der Waals surface area contributed by atoms with Crippen LogP contribution in [0.5, 0.6) is 0 Å². The molecule has 2 rings (SSSR count). The molecule has 20 heavy (non-hydrogen) atoms. The summed E-state index contributed by atoms with van der Waals surface area (Å²) in [6, 6.07) is 11.6. The molecule has 2 aromatic rings. The zero-order chi connectivity index (χ0) is 14.7. The Balaban J connectivity index is 2.33. The second-order valence-corrected chi connectivity index (χ2v) is 5.61. The summed E-state index contributed by atoms with van der Waals surface area (Å²) < 4.78 is 0.740. The van der Waals surface area contributed by atoms with Crippen molar-refractivity contribution in [3.8, 4) is 6.07 Å². The number of anilines is 1. The summed E-state index contributed by atoms with van der Waals surface area (Å²) in [5, 5.41) is 12.2. The maximum Gasteiger partial charge on any atom is 0.257 e. The van der Waals surface area contributed by atoms with Crippen molar-refractivity contribution >= 4 is 50.7 Å². The van der Waals surface area contributed by atoms with Gasteiger partial charge in [0.15, 0.2) is 0 Å². The maximum absolute atomic E-state index is 12.2. The monoisotopic (exact) mass is 368 g/mol. The summed E-state index contributed by atoms with van der Waals surface area (Å²) in [7, 11) is 0. The third-order valence-electron chi connectivity index (χ3n) is 2.52. The zero-order valence-corrected chi connectivity index (χ0v) is 13.1. The molecule has 0 aliphatic rings. The highest BCUT2D eigenvalue weighted by molar-refractivity contribution is 9.10. The maximum atomic E-state index is 12.2. The molecular formula is C14H7BrCl2N2O. The Morgan fingerprint density at radius 1 is 1.15 bits per heavy atom. The van der Waals surface area contributed by atoms with Gasteiger partial charge in [-0.05, 0) is 36.4 Å². The minimum absolute atomic E-state index is 0.319. The van der Waals surface area contributed by atoms with Crippen LogP contribution in [-0.2, 0) is 0 Å².